The van der Waals surface area contributed by atoms with Gasteiger partial charge in [0.15, 0.2) is 0 Å². The molecule has 0 fully saturated rings. The molecule has 0 aliphatic carbocycles. The number of ether oxygens (including phenoxy) is 1. The predicted octanol–water partition coefficient (Wildman–Crippen LogP) is 4.29. The summed E-state index contributed by atoms with van der Waals surface area (Å²) in [6.07, 6.45) is 0. The van der Waals surface area contributed by atoms with Gasteiger partial charge in [-0.3, -0.25) is 0 Å². The second-order valence-corrected chi connectivity index (χ2v) is 7.65. The van der Waals surface area contributed by atoms with Crippen molar-refractivity contribution in [1.82, 2.24) is 4.72 Å². The number of rotatable bonds is 7. The van der Waals surface area contributed by atoms with Crippen LogP contribution < -0.4 is 9.46 Å². The molecule has 0 saturated carbocycles. The highest BCUT2D eigenvalue weighted by molar-refractivity contribution is 7.89. The Labute approximate surface area is 163 Å². The summed E-state index contributed by atoms with van der Waals surface area (Å²) in [6, 6.07) is 19.5. The second kappa shape index (κ2) is 8.64. The number of azo groups is 1. The molecule has 0 saturated heterocycles. The summed E-state index contributed by atoms with van der Waals surface area (Å²) in [7, 11) is -2.07. The predicted molar refractivity (Wildman–Crippen MR) is 106 cm³/mol. The molecule has 0 spiro atoms. The van der Waals surface area contributed by atoms with Gasteiger partial charge in [0, 0.05) is 6.54 Å². The molecule has 0 aromatic heterocycles. The maximum atomic E-state index is 12.4. The van der Waals surface area contributed by atoms with Crippen molar-refractivity contribution in [3.05, 3.63) is 78.4 Å². The molecule has 3 rings (SSSR count). The minimum absolute atomic E-state index is 0.143. The van der Waals surface area contributed by atoms with E-state index >= 15 is 0 Å². The van der Waals surface area contributed by atoms with Gasteiger partial charge in [-0.1, -0.05) is 12.1 Å². The Kier molecular flexibility index (Phi) is 6.03. The number of phenols is 1. The number of hydrogen-bond acceptors (Lipinski definition) is 6. The summed E-state index contributed by atoms with van der Waals surface area (Å²) in [4.78, 5) is 0.143. The maximum absolute atomic E-state index is 12.4. The zero-order valence-corrected chi connectivity index (χ0v) is 15.9. The molecular formula is C20H19N3O4S. The largest absolute Gasteiger partial charge is 0.508 e. The van der Waals surface area contributed by atoms with Gasteiger partial charge >= 0.3 is 0 Å². The minimum atomic E-state index is -3.64. The van der Waals surface area contributed by atoms with Crippen molar-refractivity contribution < 1.29 is 18.3 Å². The number of sulfonamides is 1. The molecule has 2 N–H and O–H groups in total. The van der Waals surface area contributed by atoms with Gasteiger partial charge in [-0.2, -0.15) is 10.2 Å². The summed E-state index contributed by atoms with van der Waals surface area (Å²) < 4.78 is 32.5. The first-order valence-electron chi connectivity index (χ1n) is 8.40. The molecule has 0 aliphatic rings. The highest BCUT2D eigenvalue weighted by Crippen LogP contribution is 2.22. The molecule has 0 atom stereocenters. The van der Waals surface area contributed by atoms with Crippen LogP contribution in [0.25, 0.3) is 0 Å². The highest BCUT2D eigenvalue weighted by atomic mass is 32.2. The van der Waals surface area contributed by atoms with Crippen molar-refractivity contribution >= 4 is 21.4 Å². The number of aromatic hydroxyl groups is 1. The molecule has 28 heavy (non-hydrogen) atoms. The van der Waals surface area contributed by atoms with Gasteiger partial charge in [-0.15, -0.1) is 0 Å². The van der Waals surface area contributed by atoms with Crippen LogP contribution in [-0.4, -0.2) is 20.6 Å². The molecule has 0 heterocycles. The Hall–Kier alpha value is -3.23. The van der Waals surface area contributed by atoms with Crippen LogP contribution in [0.15, 0.2) is 87.9 Å². The first-order chi connectivity index (χ1) is 13.5. The van der Waals surface area contributed by atoms with Crippen molar-refractivity contribution in [2.24, 2.45) is 10.2 Å². The molecule has 0 radical (unpaired) electrons. The zero-order valence-electron chi connectivity index (χ0n) is 15.1. The highest BCUT2D eigenvalue weighted by Gasteiger charge is 2.13. The summed E-state index contributed by atoms with van der Waals surface area (Å²) in [5, 5.41) is 17.3. The van der Waals surface area contributed by atoms with Crippen LogP contribution in [0.1, 0.15) is 5.56 Å². The fraction of sp³-hybridized carbons (Fsp3) is 0.100. The third-order valence-electron chi connectivity index (χ3n) is 3.90. The molecule has 144 valence electrons. The van der Waals surface area contributed by atoms with Crippen molar-refractivity contribution in [3.8, 4) is 11.5 Å². The zero-order chi connectivity index (χ0) is 20.0. The Balaban J connectivity index is 1.64. The fourth-order valence-electron chi connectivity index (χ4n) is 2.33. The van der Waals surface area contributed by atoms with Crippen LogP contribution in [-0.2, 0) is 16.6 Å². The van der Waals surface area contributed by atoms with Gasteiger partial charge in [0.25, 0.3) is 0 Å². The van der Waals surface area contributed by atoms with E-state index in [9.17, 15) is 13.5 Å². The van der Waals surface area contributed by atoms with Crippen LogP contribution in [0.3, 0.4) is 0 Å². The maximum Gasteiger partial charge on any atom is 0.240 e. The van der Waals surface area contributed by atoms with Gasteiger partial charge in [-0.25, -0.2) is 13.1 Å². The van der Waals surface area contributed by atoms with Crippen LogP contribution in [0, 0.1) is 0 Å². The van der Waals surface area contributed by atoms with E-state index in [0.29, 0.717) is 17.1 Å². The van der Waals surface area contributed by atoms with Gasteiger partial charge in [0.1, 0.15) is 11.5 Å². The molecule has 0 bridgehead atoms. The molecule has 0 unspecified atom stereocenters. The van der Waals surface area contributed by atoms with Crippen molar-refractivity contribution in [2.75, 3.05) is 7.11 Å². The molecular weight excluding hydrogens is 378 g/mol. The average molecular weight is 397 g/mol. The lowest BCUT2D eigenvalue weighted by molar-refractivity contribution is 0.414. The van der Waals surface area contributed by atoms with Gasteiger partial charge < -0.3 is 9.84 Å². The van der Waals surface area contributed by atoms with E-state index in [4.69, 9.17) is 4.74 Å². The van der Waals surface area contributed by atoms with Gasteiger partial charge in [0.05, 0.1) is 23.4 Å². The molecule has 7 nitrogen and oxygen atoms in total. The fourth-order valence-corrected chi connectivity index (χ4v) is 3.35. The van der Waals surface area contributed by atoms with E-state index in [1.807, 2.05) is 0 Å². The summed E-state index contributed by atoms with van der Waals surface area (Å²) in [5.74, 6) is 0.860. The first-order valence-corrected chi connectivity index (χ1v) is 9.88. The lowest BCUT2D eigenvalue weighted by Crippen LogP contribution is -2.23. The number of nitrogens with one attached hydrogen (secondary N) is 1. The van der Waals surface area contributed by atoms with E-state index in [2.05, 4.69) is 15.0 Å². The number of nitrogens with zero attached hydrogens (tertiary/aromatic N) is 2. The Morgan fingerprint density at radius 1 is 0.857 bits per heavy atom. The monoisotopic (exact) mass is 397 g/mol. The van der Waals surface area contributed by atoms with Crippen LogP contribution in [0.5, 0.6) is 11.5 Å². The van der Waals surface area contributed by atoms with Crippen LogP contribution in [0.4, 0.5) is 11.4 Å². The second-order valence-electron chi connectivity index (χ2n) is 5.88. The van der Waals surface area contributed by atoms with Crippen molar-refractivity contribution in [2.45, 2.75) is 11.4 Å². The lowest BCUT2D eigenvalue weighted by atomic mass is 10.2. The topological polar surface area (TPSA) is 100 Å². The van der Waals surface area contributed by atoms with Crippen molar-refractivity contribution in [3.63, 3.8) is 0 Å². The summed E-state index contributed by atoms with van der Waals surface area (Å²) in [5.41, 5.74) is 1.92. The van der Waals surface area contributed by atoms with E-state index < -0.39 is 10.0 Å². The van der Waals surface area contributed by atoms with E-state index in [-0.39, 0.29) is 17.2 Å². The SMILES string of the molecule is COc1ccc(CNS(=O)(=O)c2ccc(N=Nc3ccc(O)cc3)cc2)cc1. The Morgan fingerprint density at radius 3 is 1.93 bits per heavy atom. The standard InChI is InChI=1S/C20H19N3O4S/c1-27-19-10-2-15(3-11-19)14-21-28(25,26)20-12-6-17(7-13-20)23-22-16-4-8-18(24)9-5-16/h2-13,21,24H,14H2,1H3. The molecule has 3 aromatic carbocycles. The Morgan fingerprint density at radius 2 is 1.39 bits per heavy atom. The van der Waals surface area contributed by atoms with E-state index in [1.165, 1.54) is 24.3 Å². The number of methoxy groups -OCH3 is 1. The normalized spacial score (nSPS) is 11.6. The molecule has 0 aliphatic heterocycles. The average Bonchev–Trinajstić information content (AvgIpc) is 2.72. The number of benzene rings is 3. The van der Waals surface area contributed by atoms with Crippen molar-refractivity contribution in [1.29, 1.82) is 0 Å². The minimum Gasteiger partial charge on any atom is -0.508 e. The third-order valence-corrected chi connectivity index (χ3v) is 5.32. The quantitative estimate of drug-likeness (QED) is 0.581. The molecule has 3 aromatic rings. The van der Waals surface area contributed by atoms with Gasteiger partial charge in [-0.05, 0) is 66.2 Å². The Bertz CT molecular complexity index is 1050. The van der Waals surface area contributed by atoms with Crippen LogP contribution in [0.2, 0.25) is 0 Å². The molecule has 8 heteroatoms. The van der Waals surface area contributed by atoms with Crippen LogP contribution >= 0.6 is 0 Å². The summed E-state index contributed by atoms with van der Waals surface area (Å²) in [6.45, 7) is 0.175. The lowest BCUT2D eigenvalue weighted by Gasteiger charge is -2.08. The van der Waals surface area contributed by atoms with Gasteiger partial charge in [0.2, 0.25) is 10.0 Å². The summed E-state index contributed by atoms with van der Waals surface area (Å²) >= 11 is 0. The smallest absolute Gasteiger partial charge is 0.240 e. The number of phenolic OH excluding ortho intramolecular Hbond substituents is 1. The van der Waals surface area contributed by atoms with E-state index in [1.54, 1.807) is 55.6 Å². The molecule has 0 amide bonds. The first kappa shape index (κ1) is 19.5. The third kappa shape index (κ3) is 5.15. The number of hydrogen-bond donors (Lipinski definition) is 2. The van der Waals surface area contributed by atoms with E-state index in [0.717, 1.165) is 5.56 Å².